The third-order valence-corrected chi connectivity index (χ3v) is 7.55. The Morgan fingerprint density at radius 2 is 1.83 bits per heavy atom. The summed E-state index contributed by atoms with van der Waals surface area (Å²) in [5, 5.41) is 20.5. The molecule has 2 rings (SSSR count). The second kappa shape index (κ2) is 8.69. The number of ether oxygens (including phenoxy) is 1. The van der Waals surface area contributed by atoms with E-state index in [9.17, 15) is 38.0 Å². The summed E-state index contributed by atoms with van der Waals surface area (Å²) in [7, 11) is -17.3. The first-order valence-electron chi connectivity index (χ1n) is 7.25. The minimum absolute atomic E-state index is 0.412. The van der Waals surface area contributed by atoms with E-state index in [4.69, 9.17) is 31.6 Å². The number of aromatic nitrogens is 2. The summed E-state index contributed by atoms with van der Waals surface area (Å²) in [6.07, 6.45) is -5.81. The van der Waals surface area contributed by atoms with Crippen LogP contribution in [-0.4, -0.2) is 64.0 Å². The molecule has 1 aliphatic heterocycles. The number of rotatable bonds is 8. The summed E-state index contributed by atoms with van der Waals surface area (Å²) >= 11 is 4.82. The summed E-state index contributed by atoms with van der Waals surface area (Å²) in [6.45, 7) is -1.73. The maximum absolute atomic E-state index is 13.5. The first-order chi connectivity index (χ1) is 13.5. The van der Waals surface area contributed by atoms with Crippen molar-refractivity contribution in [2.75, 3.05) is 6.67 Å². The molecule has 0 spiro atoms. The molecule has 6 atom stereocenters. The lowest BCUT2D eigenvalue weighted by Crippen LogP contribution is -2.49. The van der Waals surface area contributed by atoms with E-state index >= 15 is 0 Å². The van der Waals surface area contributed by atoms with Gasteiger partial charge in [0.05, 0.1) is 0 Å². The van der Waals surface area contributed by atoms with Gasteiger partial charge in [0.15, 0.2) is 16.6 Å². The van der Waals surface area contributed by atoms with E-state index in [1.165, 1.54) is 0 Å². The zero-order valence-corrected chi connectivity index (χ0v) is 17.6. The minimum Gasteiger partial charge on any atom is -0.384 e. The van der Waals surface area contributed by atoms with E-state index in [0.29, 0.717) is 0 Å². The van der Waals surface area contributed by atoms with Crippen molar-refractivity contribution in [3.05, 3.63) is 27.4 Å². The fraction of sp³-hybridized carbons (Fsp3) is 0.556. The van der Waals surface area contributed by atoms with Gasteiger partial charge in [-0.05, 0) is 12.2 Å². The maximum atomic E-state index is 13.5. The Morgan fingerprint density at radius 3 is 2.33 bits per heavy atom. The molecule has 0 aromatic carbocycles. The molecular weight excluding hydrogens is 504 g/mol. The molecule has 30 heavy (non-hydrogen) atoms. The Labute approximate surface area is 169 Å². The maximum Gasteiger partial charge on any atom is 0.490 e. The van der Waals surface area contributed by atoms with Gasteiger partial charge in [0, 0.05) is 12.3 Å². The standard InChI is InChI=1S/C9H14FN2O14P3S/c10-3-9(15)5(14)6(23-7(9)12-2-1-4(13)11-8(12)30)24-28(19,20)26-29(21,22)25-27(16,17)18/h1-2,5-7,14-15H,3H2,(H,19,20)(H,21,22)(H,11,13,30)(H2,16,17,18)/t5-,6+,7+,9?/m0/s1. The summed E-state index contributed by atoms with van der Waals surface area (Å²) in [5.74, 6) is 0. The Kier molecular flexibility index (Phi) is 7.41. The van der Waals surface area contributed by atoms with Gasteiger partial charge in [-0.25, -0.2) is 18.1 Å². The van der Waals surface area contributed by atoms with Gasteiger partial charge in [-0.15, -0.1) is 0 Å². The van der Waals surface area contributed by atoms with Crippen LogP contribution in [0.4, 0.5) is 4.39 Å². The smallest absolute Gasteiger partial charge is 0.384 e. The molecule has 172 valence electrons. The van der Waals surface area contributed by atoms with E-state index in [1.807, 2.05) is 0 Å². The van der Waals surface area contributed by atoms with Crippen LogP contribution in [0.1, 0.15) is 6.23 Å². The average Bonchev–Trinajstić information content (AvgIpc) is 2.76. The summed E-state index contributed by atoms with van der Waals surface area (Å²) in [5.41, 5.74) is -3.53. The number of alkyl halides is 1. The molecule has 0 bridgehead atoms. The number of halogens is 1. The van der Waals surface area contributed by atoms with E-state index < -0.39 is 64.7 Å². The molecule has 7 N–H and O–H groups in total. The lowest BCUT2D eigenvalue weighted by Gasteiger charge is -2.28. The van der Waals surface area contributed by atoms with E-state index in [0.717, 1.165) is 16.8 Å². The van der Waals surface area contributed by atoms with Crippen LogP contribution in [0.5, 0.6) is 0 Å². The fourth-order valence-corrected chi connectivity index (χ4v) is 5.62. The third kappa shape index (κ3) is 5.97. The zero-order valence-electron chi connectivity index (χ0n) is 14.1. The molecule has 1 aliphatic rings. The van der Waals surface area contributed by atoms with Crippen LogP contribution >= 0.6 is 35.7 Å². The van der Waals surface area contributed by atoms with E-state index in [2.05, 4.69) is 18.1 Å². The number of aliphatic hydroxyl groups excluding tert-OH is 1. The monoisotopic (exact) mass is 518 g/mol. The molecule has 1 saturated heterocycles. The number of phosphoric ester groups is 1. The number of hydrogen-bond donors (Lipinski definition) is 7. The van der Waals surface area contributed by atoms with Gasteiger partial charge < -0.3 is 34.5 Å². The van der Waals surface area contributed by atoms with Crippen LogP contribution in [-0.2, 0) is 31.6 Å². The summed E-state index contributed by atoms with van der Waals surface area (Å²) in [6, 6.07) is 0.889. The number of H-pyrrole nitrogens is 1. The van der Waals surface area contributed by atoms with Gasteiger partial charge in [-0.3, -0.25) is 18.9 Å². The second-order valence-electron chi connectivity index (χ2n) is 5.64. The number of nitrogens with zero attached hydrogens (tertiary/aromatic N) is 1. The predicted octanol–water partition coefficient (Wildman–Crippen LogP) is -0.834. The highest BCUT2D eigenvalue weighted by atomic mass is 32.1. The van der Waals surface area contributed by atoms with Crippen LogP contribution in [0.15, 0.2) is 17.1 Å². The number of aliphatic hydroxyl groups is 2. The van der Waals surface area contributed by atoms with Gasteiger partial charge >= 0.3 is 23.5 Å². The van der Waals surface area contributed by atoms with Crippen molar-refractivity contribution in [3.8, 4) is 0 Å². The van der Waals surface area contributed by atoms with Crippen LogP contribution in [0.2, 0.25) is 0 Å². The van der Waals surface area contributed by atoms with Crippen molar-refractivity contribution in [1.29, 1.82) is 0 Å². The number of aromatic amines is 1. The molecule has 0 amide bonds. The topological polar surface area (TPSA) is 247 Å². The Balaban J connectivity index is 2.29. The zero-order chi connectivity index (χ0) is 23.1. The van der Waals surface area contributed by atoms with Crippen molar-refractivity contribution in [1.82, 2.24) is 9.55 Å². The van der Waals surface area contributed by atoms with Gasteiger partial charge in [-0.1, -0.05) is 0 Å². The quantitative estimate of drug-likeness (QED) is 0.164. The predicted molar refractivity (Wildman–Crippen MR) is 91.7 cm³/mol. The van der Waals surface area contributed by atoms with Crippen molar-refractivity contribution in [2.45, 2.75) is 24.2 Å². The first-order valence-corrected chi connectivity index (χ1v) is 12.2. The molecule has 2 heterocycles. The Hall–Kier alpha value is -0.680. The van der Waals surface area contributed by atoms with Crippen LogP contribution in [0.25, 0.3) is 0 Å². The van der Waals surface area contributed by atoms with Gasteiger partial charge in [0.2, 0.25) is 6.29 Å². The minimum atomic E-state index is -5.87. The third-order valence-electron chi connectivity index (χ3n) is 3.43. The molecular formula is C9H14FN2O14P3S. The summed E-state index contributed by atoms with van der Waals surface area (Å²) < 4.78 is 63.9. The average molecular weight is 518 g/mol. The SMILES string of the molecule is O=c1ccn([C@@H]2O[C@H](OP(=O)(O)OP(=O)(O)OP(=O)(O)O)[C@H](O)C2(O)CF)c(=S)[nH]1. The highest BCUT2D eigenvalue weighted by Crippen LogP contribution is 2.67. The van der Waals surface area contributed by atoms with Crippen molar-refractivity contribution >= 4 is 35.7 Å². The molecule has 1 aromatic rings. The normalized spacial score (nSPS) is 31.2. The highest BCUT2D eigenvalue weighted by molar-refractivity contribution is 7.71. The Bertz CT molecular complexity index is 1060. The number of hydrogen-bond acceptors (Lipinski definition) is 11. The number of phosphoric acid groups is 3. The fourth-order valence-electron chi connectivity index (χ4n) is 2.28. The van der Waals surface area contributed by atoms with Gasteiger partial charge in [0.1, 0.15) is 12.8 Å². The summed E-state index contributed by atoms with van der Waals surface area (Å²) in [4.78, 5) is 48.9. The molecule has 3 unspecified atom stereocenters. The van der Waals surface area contributed by atoms with Crippen molar-refractivity contribution in [2.24, 2.45) is 0 Å². The van der Waals surface area contributed by atoms with Crippen LogP contribution in [0.3, 0.4) is 0 Å². The van der Waals surface area contributed by atoms with E-state index in [1.54, 1.807) is 0 Å². The van der Waals surface area contributed by atoms with Crippen molar-refractivity contribution in [3.63, 3.8) is 0 Å². The molecule has 0 radical (unpaired) electrons. The Morgan fingerprint density at radius 1 is 1.23 bits per heavy atom. The lowest BCUT2D eigenvalue weighted by molar-refractivity contribution is -0.138. The molecule has 1 aromatic heterocycles. The molecule has 0 aliphatic carbocycles. The van der Waals surface area contributed by atoms with Crippen LogP contribution < -0.4 is 5.56 Å². The van der Waals surface area contributed by atoms with E-state index in [-0.39, 0.29) is 0 Å². The molecule has 1 fully saturated rings. The second-order valence-corrected chi connectivity index (χ2v) is 10.4. The molecule has 21 heteroatoms. The largest absolute Gasteiger partial charge is 0.490 e. The van der Waals surface area contributed by atoms with Crippen LogP contribution in [0, 0.1) is 4.77 Å². The van der Waals surface area contributed by atoms with Gasteiger partial charge in [0.25, 0.3) is 5.56 Å². The molecule has 16 nitrogen and oxygen atoms in total. The lowest BCUT2D eigenvalue weighted by atomic mass is 9.98. The number of nitrogens with one attached hydrogen (secondary N) is 1. The first kappa shape index (κ1) is 25.6. The van der Waals surface area contributed by atoms with Crippen molar-refractivity contribution < 1.29 is 65.8 Å². The highest BCUT2D eigenvalue weighted by Gasteiger charge is 2.59. The van der Waals surface area contributed by atoms with Gasteiger partial charge in [-0.2, -0.15) is 8.62 Å². The molecule has 0 saturated carbocycles.